The smallest absolute Gasteiger partial charge is 0.200 e. The van der Waals surface area contributed by atoms with Crippen LogP contribution in [0.25, 0.3) is 0 Å². The molecule has 26 heavy (non-hydrogen) atoms. The third-order valence-corrected chi connectivity index (χ3v) is 5.50. The zero-order valence-electron chi connectivity index (χ0n) is 18.3. The molecular weight excluding hydrogens is 320 g/mol. The first-order chi connectivity index (χ1) is 12.4. The number of hydrogen-bond donors (Lipinski definition) is 0. The number of methoxy groups -OCH3 is 1. The summed E-state index contributed by atoms with van der Waals surface area (Å²) in [6.07, 6.45) is 8.76. The molecule has 2 heteroatoms. The van der Waals surface area contributed by atoms with E-state index >= 15 is 0 Å². The molecule has 0 saturated heterocycles. The van der Waals surface area contributed by atoms with Crippen molar-refractivity contribution < 1.29 is 9.47 Å². The highest BCUT2D eigenvalue weighted by Crippen LogP contribution is 2.41. The fourth-order valence-corrected chi connectivity index (χ4v) is 3.98. The minimum Gasteiger partial charge on any atom is -0.465 e. The Morgan fingerprint density at radius 3 is 2.08 bits per heavy atom. The summed E-state index contributed by atoms with van der Waals surface area (Å²) < 4.78 is 11.8. The van der Waals surface area contributed by atoms with Gasteiger partial charge in [-0.2, -0.15) is 0 Å². The summed E-state index contributed by atoms with van der Waals surface area (Å²) in [4.78, 5) is 0. The van der Waals surface area contributed by atoms with E-state index in [0.29, 0.717) is 5.92 Å². The topological polar surface area (TPSA) is 18.5 Å². The number of ether oxygens (including phenoxy) is 2. The van der Waals surface area contributed by atoms with E-state index in [1.807, 2.05) is 13.8 Å². The summed E-state index contributed by atoms with van der Waals surface area (Å²) >= 11 is 0. The molecule has 1 aliphatic rings. The molecular formula is C24H42O2. The highest BCUT2D eigenvalue weighted by molar-refractivity contribution is 5.27. The molecule has 1 aromatic rings. The number of benzene rings is 1. The molecule has 2 rings (SSSR count). The van der Waals surface area contributed by atoms with Gasteiger partial charge in [-0.1, -0.05) is 72.9 Å². The van der Waals surface area contributed by atoms with Crippen LogP contribution in [0.15, 0.2) is 24.3 Å². The number of hydrogen-bond acceptors (Lipinski definition) is 2. The van der Waals surface area contributed by atoms with Gasteiger partial charge < -0.3 is 9.47 Å². The van der Waals surface area contributed by atoms with E-state index in [4.69, 9.17) is 9.47 Å². The Kier molecular flexibility index (Phi) is 10.3. The Hall–Kier alpha value is -1.02. The highest BCUT2D eigenvalue weighted by atomic mass is 16.7. The quantitative estimate of drug-likeness (QED) is 0.453. The SMILES string of the molecule is CC.COC(CC(C)(C)C1CCCCC1)Oc1ccc(CC(C)C)cc1. The van der Waals surface area contributed by atoms with Crippen molar-refractivity contribution in [3.8, 4) is 5.75 Å². The Labute approximate surface area is 162 Å². The van der Waals surface area contributed by atoms with Crippen molar-refractivity contribution >= 4 is 0 Å². The van der Waals surface area contributed by atoms with Crippen molar-refractivity contribution in [2.24, 2.45) is 17.3 Å². The summed E-state index contributed by atoms with van der Waals surface area (Å²) in [5.41, 5.74) is 1.63. The van der Waals surface area contributed by atoms with Crippen LogP contribution >= 0.6 is 0 Å². The molecule has 0 bridgehead atoms. The molecule has 1 aliphatic carbocycles. The van der Waals surface area contributed by atoms with Gasteiger partial charge in [0, 0.05) is 13.5 Å². The maximum absolute atomic E-state index is 6.13. The third kappa shape index (κ3) is 7.70. The van der Waals surface area contributed by atoms with Crippen LogP contribution in [0.5, 0.6) is 5.75 Å². The van der Waals surface area contributed by atoms with E-state index in [2.05, 4.69) is 52.0 Å². The van der Waals surface area contributed by atoms with Gasteiger partial charge in [-0.15, -0.1) is 0 Å². The lowest BCUT2D eigenvalue weighted by atomic mass is 9.69. The first-order valence-corrected chi connectivity index (χ1v) is 10.7. The van der Waals surface area contributed by atoms with Gasteiger partial charge in [-0.25, -0.2) is 0 Å². The minimum absolute atomic E-state index is 0.169. The molecule has 0 aliphatic heterocycles. The van der Waals surface area contributed by atoms with Crippen LogP contribution in [0.1, 0.15) is 85.6 Å². The standard InChI is InChI=1S/C22H36O2.C2H6/c1-17(2)15-18-11-13-20(14-12-18)24-21(23-5)16-22(3,4)19-9-7-6-8-10-19;1-2/h11-14,17,19,21H,6-10,15-16H2,1-5H3;1-2H3. The molecule has 0 aromatic heterocycles. The monoisotopic (exact) mass is 362 g/mol. The second-order valence-corrected chi connectivity index (χ2v) is 8.55. The zero-order chi connectivity index (χ0) is 19.6. The summed E-state index contributed by atoms with van der Waals surface area (Å²) in [5, 5.41) is 0. The second kappa shape index (κ2) is 11.6. The third-order valence-electron chi connectivity index (χ3n) is 5.50. The van der Waals surface area contributed by atoms with Gasteiger partial charge in [0.15, 0.2) is 6.29 Å². The highest BCUT2D eigenvalue weighted by Gasteiger charge is 2.33. The van der Waals surface area contributed by atoms with Crippen LogP contribution in [-0.2, 0) is 11.2 Å². The van der Waals surface area contributed by atoms with Gasteiger partial charge in [0.2, 0.25) is 0 Å². The maximum atomic E-state index is 6.13. The molecule has 1 atom stereocenters. The number of rotatable bonds is 8. The minimum atomic E-state index is -0.169. The van der Waals surface area contributed by atoms with E-state index in [1.54, 1.807) is 7.11 Å². The van der Waals surface area contributed by atoms with Crippen molar-refractivity contribution in [2.45, 2.75) is 92.8 Å². The fourth-order valence-electron chi connectivity index (χ4n) is 3.98. The van der Waals surface area contributed by atoms with E-state index < -0.39 is 0 Å². The second-order valence-electron chi connectivity index (χ2n) is 8.55. The summed E-state index contributed by atoms with van der Waals surface area (Å²) in [5.74, 6) is 2.38. The van der Waals surface area contributed by atoms with Crippen LogP contribution in [-0.4, -0.2) is 13.4 Å². The Morgan fingerprint density at radius 1 is 1.00 bits per heavy atom. The molecule has 0 amide bonds. The molecule has 1 fully saturated rings. The van der Waals surface area contributed by atoms with Crippen molar-refractivity contribution in [3.05, 3.63) is 29.8 Å². The van der Waals surface area contributed by atoms with Gasteiger partial charge >= 0.3 is 0 Å². The molecule has 1 unspecified atom stereocenters. The molecule has 150 valence electrons. The summed E-state index contributed by atoms with van der Waals surface area (Å²) in [7, 11) is 1.76. The molecule has 2 nitrogen and oxygen atoms in total. The largest absolute Gasteiger partial charge is 0.465 e. The van der Waals surface area contributed by atoms with E-state index in [-0.39, 0.29) is 11.7 Å². The lowest BCUT2D eigenvalue weighted by Crippen LogP contribution is -2.33. The normalized spacial score (nSPS) is 16.8. The molecule has 0 N–H and O–H groups in total. The molecule has 1 aromatic carbocycles. The van der Waals surface area contributed by atoms with Crippen molar-refractivity contribution in [3.63, 3.8) is 0 Å². The van der Waals surface area contributed by atoms with Crippen LogP contribution in [0.3, 0.4) is 0 Å². The first-order valence-electron chi connectivity index (χ1n) is 10.7. The van der Waals surface area contributed by atoms with Gasteiger partial charge in [-0.05, 0) is 54.2 Å². The van der Waals surface area contributed by atoms with Crippen molar-refractivity contribution in [1.82, 2.24) is 0 Å². The fraction of sp³-hybridized carbons (Fsp3) is 0.750. The molecule has 1 saturated carbocycles. The van der Waals surface area contributed by atoms with Crippen molar-refractivity contribution in [1.29, 1.82) is 0 Å². The first kappa shape index (κ1) is 23.0. The molecule has 0 spiro atoms. The van der Waals surface area contributed by atoms with Crippen LogP contribution in [0.2, 0.25) is 0 Å². The van der Waals surface area contributed by atoms with E-state index in [9.17, 15) is 0 Å². The van der Waals surface area contributed by atoms with Gasteiger partial charge in [0.25, 0.3) is 0 Å². The van der Waals surface area contributed by atoms with E-state index in [0.717, 1.165) is 24.5 Å². The molecule has 0 radical (unpaired) electrons. The van der Waals surface area contributed by atoms with Crippen LogP contribution < -0.4 is 4.74 Å². The Bertz CT molecular complexity index is 469. The van der Waals surface area contributed by atoms with Gasteiger partial charge in [0.1, 0.15) is 5.75 Å². The Morgan fingerprint density at radius 2 is 1.58 bits per heavy atom. The average Bonchev–Trinajstić information content (AvgIpc) is 2.64. The van der Waals surface area contributed by atoms with Crippen LogP contribution in [0.4, 0.5) is 0 Å². The van der Waals surface area contributed by atoms with Crippen molar-refractivity contribution in [2.75, 3.05) is 7.11 Å². The average molecular weight is 363 g/mol. The van der Waals surface area contributed by atoms with Gasteiger partial charge in [0.05, 0.1) is 0 Å². The predicted molar refractivity (Wildman–Crippen MR) is 113 cm³/mol. The zero-order valence-corrected chi connectivity index (χ0v) is 18.3. The predicted octanol–water partition coefficient (Wildman–Crippen LogP) is 7.26. The lowest BCUT2D eigenvalue weighted by molar-refractivity contribution is -0.0883. The molecule has 0 heterocycles. The lowest BCUT2D eigenvalue weighted by Gasteiger charge is -2.38. The summed E-state index contributed by atoms with van der Waals surface area (Å²) in [6, 6.07) is 8.51. The van der Waals surface area contributed by atoms with Crippen LogP contribution in [0, 0.1) is 17.3 Å². The van der Waals surface area contributed by atoms with Gasteiger partial charge in [-0.3, -0.25) is 0 Å². The summed E-state index contributed by atoms with van der Waals surface area (Å²) in [6.45, 7) is 13.3. The Balaban J connectivity index is 0.00000163. The maximum Gasteiger partial charge on any atom is 0.200 e. The van der Waals surface area contributed by atoms with E-state index in [1.165, 1.54) is 37.7 Å².